The first-order chi connectivity index (χ1) is 18.5. The van der Waals surface area contributed by atoms with Gasteiger partial charge in [0, 0.05) is 17.2 Å². The second-order valence-electron chi connectivity index (χ2n) is 12.9. The molecule has 2 aliphatic rings. The summed E-state index contributed by atoms with van der Waals surface area (Å²) in [4.78, 5) is 4.84. The van der Waals surface area contributed by atoms with E-state index >= 15 is 0 Å². The van der Waals surface area contributed by atoms with Crippen molar-refractivity contribution in [2.45, 2.75) is 57.8 Å². The van der Waals surface area contributed by atoms with Crippen LogP contribution in [0.15, 0.2) is 79.1 Å². The fourth-order valence-corrected chi connectivity index (χ4v) is 6.45. The van der Waals surface area contributed by atoms with Gasteiger partial charge in [-0.3, -0.25) is 4.57 Å². The van der Waals surface area contributed by atoms with Crippen molar-refractivity contribution in [3.63, 3.8) is 0 Å². The Kier molecular flexibility index (Phi) is 4.78. The Morgan fingerprint density at radius 1 is 0.718 bits per heavy atom. The van der Waals surface area contributed by atoms with E-state index < -0.39 is 5.41 Å². The second-order valence-corrected chi connectivity index (χ2v) is 12.9. The summed E-state index contributed by atoms with van der Waals surface area (Å²) in [6, 6.07) is 26.5. The molecular weight excluding hydrogens is 480 g/mol. The van der Waals surface area contributed by atoms with Crippen molar-refractivity contribution in [2.24, 2.45) is 0 Å². The van der Waals surface area contributed by atoms with Crippen LogP contribution in [-0.4, -0.2) is 16.7 Å². The molecule has 4 heteroatoms. The third kappa shape index (κ3) is 3.21. The first kappa shape index (κ1) is 24.0. The number of para-hydroxylation sites is 1. The van der Waals surface area contributed by atoms with Gasteiger partial charge in [0.25, 0.3) is 0 Å². The average molecular weight is 515 g/mol. The van der Waals surface area contributed by atoms with Gasteiger partial charge in [-0.25, -0.2) is 4.98 Å². The van der Waals surface area contributed by atoms with Gasteiger partial charge < -0.3 is 9.47 Å². The predicted octanol–water partition coefficient (Wildman–Crippen LogP) is 8.43. The minimum atomic E-state index is -0.595. The van der Waals surface area contributed by atoms with E-state index in [4.69, 9.17) is 14.5 Å². The molecule has 5 aromatic rings. The molecule has 39 heavy (non-hydrogen) atoms. The zero-order valence-electron chi connectivity index (χ0n) is 23.7. The highest BCUT2D eigenvalue weighted by Crippen LogP contribution is 2.60. The Balaban J connectivity index is 1.72. The third-order valence-electron chi connectivity index (χ3n) is 8.56. The number of rotatable bonds is 1. The summed E-state index contributed by atoms with van der Waals surface area (Å²) >= 11 is 0. The van der Waals surface area contributed by atoms with Gasteiger partial charge >= 0.3 is 0 Å². The van der Waals surface area contributed by atoms with Crippen molar-refractivity contribution < 1.29 is 9.47 Å². The number of ether oxygens (including phenoxy) is 2. The number of hydrogen-bond acceptors (Lipinski definition) is 3. The summed E-state index contributed by atoms with van der Waals surface area (Å²) in [5.74, 6) is 2.61. The molecule has 196 valence electrons. The van der Waals surface area contributed by atoms with E-state index in [1.165, 1.54) is 33.4 Å². The van der Waals surface area contributed by atoms with Crippen LogP contribution in [0, 0.1) is 0 Å². The quantitative estimate of drug-likeness (QED) is 0.221. The normalized spacial score (nSPS) is 14.9. The first-order valence-corrected chi connectivity index (χ1v) is 13.7. The zero-order valence-corrected chi connectivity index (χ0v) is 23.7. The number of imidazole rings is 1. The Bertz CT molecular complexity index is 1730. The highest BCUT2D eigenvalue weighted by molar-refractivity contribution is 5.90. The Morgan fingerprint density at radius 3 is 1.95 bits per heavy atom. The number of methoxy groups -OCH3 is 1. The Hall–Kier alpha value is -4.05. The summed E-state index contributed by atoms with van der Waals surface area (Å²) in [5.41, 5.74) is 9.86. The van der Waals surface area contributed by atoms with Crippen molar-refractivity contribution >= 4 is 11.0 Å². The van der Waals surface area contributed by atoms with Crippen molar-refractivity contribution in [3.05, 3.63) is 113 Å². The van der Waals surface area contributed by atoms with Crippen LogP contribution in [0.25, 0.3) is 16.7 Å². The minimum Gasteiger partial charge on any atom is -0.497 e. The van der Waals surface area contributed by atoms with E-state index in [9.17, 15) is 0 Å². The van der Waals surface area contributed by atoms with Gasteiger partial charge in [0.1, 0.15) is 23.6 Å². The van der Waals surface area contributed by atoms with Crippen molar-refractivity contribution in [1.82, 2.24) is 9.55 Å². The van der Waals surface area contributed by atoms with E-state index in [1.807, 2.05) is 6.33 Å². The van der Waals surface area contributed by atoms with E-state index in [1.54, 1.807) is 7.11 Å². The van der Waals surface area contributed by atoms with Gasteiger partial charge in [0.15, 0.2) is 0 Å². The molecule has 0 atom stereocenters. The molecule has 0 radical (unpaired) electrons. The number of hydrogen-bond donors (Lipinski definition) is 0. The molecule has 0 amide bonds. The zero-order chi connectivity index (χ0) is 27.3. The van der Waals surface area contributed by atoms with Crippen molar-refractivity contribution in [3.8, 4) is 22.9 Å². The second kappa shape index (κ2) is 7.75. The monoisotopic (exact) mass is 514 g/mol. The molecule has 4 aromatic carbocycles. The number of aromatic nitrogens is 2. The molecule has 0 unspecified atom stereocenters. The van der Waals surface area contributed by atoms with Gasteiger partial charge in [-0.15, -0.1) is 0 Å². The lowest BCUT2D eigenvalue weighted by Crippen LogP contribution is -2.38. The van der Waals surface area contributed by atoms with Gasteiger partial charge in [0.05, 0.1) is 29.2 Å². The highest BCUT2D eigenvalue weighted by Gasteiger charge is 2.50. The molecule has 0 N–H and O–H groups in total. The SMILES string of the molecule is COc1ccc2c(c1)-n1cnc3cccc(c31)C21c2cc(C(C)(C)C)ccc2Oc2ccc(C(C)(C)C)cc21. The molecule has 1 spiro atoms. The lowest BCUT2D eigenvalue weighted by molar-refractivity contribution is 0.413. The largest absolute Gasteiger partial charge is 0.497 e. The van der Waals surface area contributed by atoms with E-state index in [2.05, 4.69) is 119 Å². The molecule has 7 rings (SSSR count). The molecule has 0 saturated carbocycles. The maximum atomic E-state index is 6.72. The van der Waals surface area contributed by atoms with E-state index in [0.717, 1.165) is 34.0 Å². The van der Waals surface area contributed by atoms with E-state index in [-0.39, 0.29) is 10.8 Å². The molecule has 0 aliphatic carbocycles. The maximum absolute atomic E-state index is 6.72. The summed E-state index contributed by atoms with van der Waals surface area (Å²) in [6.07, 6.45) is 1.94. The summed E-state index contributed by atoms with van der Waals surface area (Å²) < 4.78 is 14.7. The lowest BCUT2D eigenvalue weighted by atomic mass is 9.60. The third-order valence-corrected chi connectivity index (χ3v) is 8.56. The average Bonchev–Trinajstić information content (AvgIpc) is 3.34. The Morgan fingerprint density at radius 2 is 1.36 bits per heavy atom. The van der Waals surface area contributed by atoms with Gasteiger partial charge in [0.2, 0.25) is 0 Å². The van der Waals surface area contributed by atoms with Crippen LogP contribution >= 0.6 is 0 Å². The van der Waals surface area contributed by atoms with Crippen LogP contribution < -0.4 is 9.47 Å². The molecule has 1 aromatic heterocycles. The van der Waals surface area contributed by atoms with Crippen LogP contribution in [0.2, 0.25) is 0 Å². The molecule has 2 aliphatic heterocycles. The Labute approximate surface area is 230 Å². The fraction of sp³-hybridized carbons (Fsp3) is 0.286. The number of fused-ring (bicyclic) bond motifs is 8. The molecule has 4 nitrogen and oxygen atoms in total. The topological polar surface area (TPSA) is 36.3 Å². The summed E-state index contributed by atoms with van der Waals surface area (Å²) in [5, 5.41) is 0. The van der Waals surface area contributed by atoms with Crippen LogP contribution in [0.1, 0.15) is 74.9 Å². The van der Waals surface area contributed by atoms with Crippen LogP contribution in [-0.2, 0) is 16.2 Å². The number of benzene rings is 4. The number of nitrogens with zero attached hydrogens (tertiary/aromatic N) is 2. The molecule has 0 fully saturated rings. The highest BCUT2D eigenvalue weighted by atomic mass is 16.5. The predicted molar refractivity (Wildman–Crippen MR) is 157 cm³/mol. The van der Waals surface area contributed by atoms with Crippen LogP contribution in [0.3, 0.4) is 0 Å². The molecule has 0 saturated heterocycles. The van der Waals surface area contributed by atoms with Crippen LogP contribution in [0.5, 0.6) is 17.2 Å². The molecule has 3 heterocycles. The van der Waals surface area contributed by atoms with Gasteiger partial charge in [-0.1, -0.05) is 71.9 Å². The lowest BCUT2D eigenvalue weighted by Gasteiger charge is -2.45. The smallest absolute Gasteiger partial charge is 0.132 e. The summed E-state index contributed by atoms with van der Waals surface area (Å²) in [6.45, 7) is 13.6. The minimum absolute atomic E-state index is 0.0189. The van der Waals surface area contributed by atoms with Crippen molar-refractivity contribution in [2.75, 3.05) is 7.11 Å². The van der Waals surface area contributed by atoms with E-state index in [0.29, 0.717) is 0 Å². The first-order valence-electron chi connectivity index (χ1n) is 13.7. The summed E-state index contributed by atoms with van der Waals surface area (Å²) in [7, 11) is 1.72. The molecule has 0 bridgehead atoms. The maximum Gasteiger partial charge on any atom is 0.132 e. The van der Waals surface area contributed by atoms with Crippen molar-refractivity contribution in [1.29, 1.82) is 0 Å². The molecular formula is C35H34N2O2. The van der Waals surface area contributed by atoms with Crippen LogP contribution in [0.4, 0.5) is 0 Å². The fourth-order valence-electron chi connectivity index (χ4n) is 6.45. The van der Waals surface area contributed by atoms with Gasteiger partial charge in [-0.05, 0) is 69.5 Å². The van der Waals surface area contributed by atoms with Gasteiger partial charge in [-0.2, -0.15) is 0 Å². The standard InChI is InChI=1S/C35H34N2O2/c1-33(2,3)21-11-15-30-26(17-21)35(27-18-22(34(4,5)6)12-16-31(27)39-30)24-14-13-23(38-7)19-29(24)37-20-36-28-10-8-9-25(35)32(28)37/h8-20H,1-7H3.